The quantitative estimate of drug-likeness (QED) is 0.597. The molecule has 2 amide bonds. The number of aromatic nitrogens is 3. The van der Waals surface area contributed by atoms with Crippen molar-refractivity contribution in [1.82, 2.24) is 30.1 Å². The van der Waals surface area contributed by atoms with Crippen LogP contribution in [0.15, 0.2) is 48.7 Å². The molecule has 0 aliphatic rings. The summed E-state index contributed by atoms with van der Waals surface area (Å²) in [6, 6.07) is 14.0. The van der Waals surface area contributed by atoms with Crippen molar-refractivity contribution >= 4 is 11.7 Å². The van der Waals surface area contributed by atoms with E-state index in [9.17, 15) is 4.79 Å². The van der Waals surface area contributed by atoms with E-state index in [0.29, 0.717) is 6.54 Å². The molecular formula is C23H32N6O. The van der Waals surface area contributed by atoms with Crippen LogP contribution >= 0.6 is 0 Å². The fraction of sp³-hybridized carbons (Fsp3) is 0.435. The van der Waals surface area contributed by atoms with Gasteiger partial charge in [-0.2, -0.15) is 0 Å². The second-order valence-corrected chi connectivity index (χ2v) is 8.14. The lowest BCUT2D eigenvalue weighted by molar-refractivity contribution is 0.224. The number of carbonyl (C=O) groups excluding carboxylic acids is 1. The Kier molecular flexibility index (Phi) is 7.05. The summed E-state index contributed by atoms with van der Waals surface area (Å²) in [5, 5.41) is 14.7. The Morgan fingerprint density at radius 2 is 1.83 bits per heavy atom. The zero-order valence-corrected chi connectivity index (χ0v) is 18.5. The lowest BCUT2D eigenvalue weighted by Crippen LogP contribution is -2.43. The first-order valence-corrected chi connectivity index (χ1v) is 10.5. The van der Waals surface area contributed by atoms with Crippen LogP contribution in [0.1, 0.15) is 49.8 Å². The number of benzene rings is 1. The van der Waals surface area contributed by atoms with E-state index in [1.807, 2.05) is 42.9 Å². The van der Waals surface area contributed by atoms with Gasteiger partial charge in [0.1, 0.15) is 0 Å². The summed E-state index contributed by atoms with van der Waals surface area (Å²) < 4.78 is 1.92. The predicted octanol–water partition coefficient (Wildman–Crippen LogP) is 3.59. The summed E-state index contributed by atoms with van der Waals surface area (Å²) in [5.74, 6) is 0.893. The molecule has 160 valence electrons. The number of hydrogen-bond donors (Lipinski definition) is 2. The number of urea groups is 1. The zero-order valence-electron chi connectivity index (χ0n) is 18.5. The number of carbonyl (C=O) groups is 1. The first-order valence-electron chi connectivity index (χ1n) is 10.5. The Labute approximate surface area is 178 Å². The third-order valence-electron chi connectivity index (χ3n) is 5.42. The van der Waals surface area contributed by atoms with Gasteiger partial charge in [-0.1, -0.05) is 51.1 Å². The number of hydrogen-bond acceptors (Lipinski definition) is 4. The highest BCUT2D eigenvalue weighted by Crippen LogP contribution is 2.21. The maximum Gasteiger partial charge on any atom is 0.315 e. The smallest absolute Gasteiger partial charge is 0.315 e. The summed E-state index contributed by atoms with van der Waals surface area (Å²) in [4.78, 5) is 14.9. The third-order valence-corrected chi connectivity index (χ3v) is 5.42. The van der Waals surface area contributed by atoms with Crippen molar-refractivity contribution in [3.05, 3.63) is 65.6 Å². The minimum Gasteiger partial charge on any atom is -0.336 e. The van der Waals surface area contributed by atoms with Gasteiger partial charge in [0.05, 0.1) is 12.1 Å². The first kappa shape index (κ1) is 21.8. The van der Waals surface area contributed by atoms with Crippen LogP contribution in [-0.4, -0.2) is 46.2 Å². The number of likely N-dealkylation sites (N-methyl/N-ethyl adjacent to an activating group) is 1. The lowest BCUT2D eigenvalue weighted by Gasteiger charge is -2.26. The molecule has 2 unspecified atom stereocenters. The van der Waals surface area contributed by atoms with E-state index in [0.717, 1.165) is 17.9 Å². The monoisotopic (exact) mass is 408 g/mol. The highest BCUT2D eigenvalue weighted by molar-refractivity contribution is 5.74. The van der Waals surface area contributed by atoms with Crippen molar-refractivity contribution in [2.24, 2.45) is 5.92 Å². The molecule has 0 aliphatic carbocycles. The number of rotatable bonds is 8. The highest BCUT2D eigenvalue weighted by atomic mass is 16.2. The largest absolute Gasteiger partial charge is 0.336 e. The molecule has 0 fully saturated rings. The molecule has 0 spiro atoms. The molecule has 0 bridgehead atoms. The molecule has 0 radical (unpaired) electrons. The topological polar surface area (TPSA) is 74.6 Å². The number of amides is 2. The average molecular weight is 409 g/mol. The van der Waals surface area contributed by atoms with Gasteiger partial charge >= 0.3 is 6.03 Å². The van der Waals surface area contributed by atoms with Crippen LogP contribution in [0.4, 0.5) is 4.79 Å². The van der Waals surface area contributed by atoms with Crippen LogP contribution in [-0.2, 0) is 6.42 Å². The third kappa shape index (κ3) is 4.97. The van der Waals surface area contributed by atoms with Gasteiger partial charge in [-0.3, -0.25) is 4.40 Å². The molecule has 2 aromatic heterocycles. The molecule has 0 saturated carbocycles. The van der Waals surface area contributed by atoms with Crippen LogP contribution < -0.4 is 10.6 Å². The normalized spacial score (nSPS) is 13.6. The number of nitrogens with zero attached hydrogens (tertiary/aromatic N) is 4. The Morgan fingerprint density at radius 1 is 1.10 bits per heavy atom. The van der Waals surface area contributed by atoms with Crippen LogP contribution in [0.3, 0.4) is 0 Å². The summed E-state index contributed by atoms with van der Waals surface area (Å²) in [6.07, 6.45) is 2.93. The molecule has 3 rings (SSSR count). The number of fused-ring (bicyclic) bond motifs is 1. The van der Waals surface area contributed by atoms with Gasteiger partial charge in [-0.15, -0.1) is 10.2 Å². The number of nitrogens with one attached hydrogen (secondary N) is 2. The molecule has 0 saturated heterocycles. The van der Waals surface area contributed by atoms with Gasteiger partial charge in [0, 0.05) is 12.7 Å². The molecular weight excluding hydrogens is 376 g/mol. The van der Waals surface area contributed by atoms with Crippen molar-refractivity contribution in [2.45, 2.75) is 39.3 Å². The molecule has 1 aromatic carbocycles. The minimum absolute atomic E-state index is 0.0908. The Morgan fingerprint density at radius 3 is 2.47 bits per heavy atom. The van der Waals surface area contributed by atoms with Crippen LogP contribution in [0.5, 0.6) is 0 Å². The Hall–Kier alpha value is -2.93. The number of aryl methyl sites for hydroxylation is 1. The zero-order chi connectivity index (χ0) is 21.7. The molecule has 7 heteroatoms. The van der Waals surface area contributed by atoms with Crippen molar-refractivity contribution < 1.29 is 4.79 Å². The molecule has 30 heavy (non-hydrogen) atoms. The summed E-state index contributed by atoms with van der Waals surface area (Å²) in [7, 11) is 4.05. The fourth-order valence-corrected chi connectivity index (χ4v) is 3.56. The van der Waals surface area contributed by atoms with E-state index in [-0.39, 0.29) is 24.0 Å². The summed E-state index contributed by atoms with van der Waals surface area (Å²) in [5.41, 5.74) is 3.26. The molecule has 7 nitrogen and oxygen atoms in total. The van der Waals surface area contributed by atoms with Gasteiger partial charge in [-0.25, -0.2) is 4.79 Å². The van der Waals surface area contributed by atoms with Crippen molar-refractivity contribution in [1.29, 1.82) is 0 Å². The SMILES string of the molecule is CCc1ccc(C(CNC(=O)NC(c2nnc3ccccn23)C(C)C)N(C)C)cc1. The van der Waals surface area contributed by atoms with Gasteiger partial charge in [0.2, 0.25) is 0 Å². The molecule has 2 atom stereocenters. The van der Waals surface area contributed by atoms with E-state index < -0.39 is 0 Å². The second kappa shape index (κ2) is 9.71. The summed E-state index contributed by atoms with van der Waals surface area (Å²) >= 11 is 0. The molecule has 2 heterocycles. The maximum atomic E-state index is 12.7. The molecule has 0 aliphatic heterocycles. The van der Waals surface area contributed by atoms with E-state index >= 15 is 0 Å². The van der Waals surface area contributed by atoms with Crippen LogP contribution in [0.2, 0.25) is 0 Å². The van der Waals surface area contributed by atoms with Crippen LogP contribution in [0, 0.1) is 5.92 Å². The first-order chi connectivity index (χ1) is 14.4. The van der Waals surface area contributed by atoms with Crippen molar-refractivity contribution in [3.8, 4) is 0 Å². The number of pyridine rings is 1. The van der Waals surface area contributed by atoms with E-state index in [1.165, 1.54) is 11.1 Å². The van der Waals surface area contributed by atoms with E-state index in [4.69, 9.17) is 0 Å². The second-order valence-electron chi connectivity index (χ2n) is 8.14. The molecule has 2 N–H and O–H groups in total. The van der Waals surface area contributed by atoms with Gasteiger partial charge < -0.3 is 15.5 Å². The Bertz CT molecular complexity index is 963. The van der Waals surface area contributed by atoms with E-state index in [2.05, 4.69) is 70.8 Å². The summed E-state index contributed by atoms with van der Waals surface area (Å²) in [6.45, 7) is 6.78. The average Bonchev–Trinajstić information content (AvgIpc) is 3.16. The van der Waals surface area contributed by atoms with Crippen molar-refractivity contribution in [3.63, 3.8) is 0 Å². The van der Waals surface area contributed by atoms with E-state index in [1.54, 1.807) is 0 Å². The predicted molar refractivity (Wildman–Crippen MR) is 119 cm³/mol. The fourth-order valence-electron chi connectivity index (χ4n) is 3.56. The van der Waals surface area contributed by atoms with Gasteiger partial charge in [0.15, 0.2) is 11.5 Å². The lowest BCUT2D eigenvalue weighted by atomic mass is 10.0. The minimum atomic E-state index is -0.246. The van der Waals surface area contributed by atoms with Crippen LogP contribution in [0.25, 0.3) is 5.65 Å². The maximum absolute atomic E-state index is 12.7. The van der Waals surface area contributed by atoms with Gasteiger partial charge in [-0.05, 0) is 49.7 Å². The van der Waals surface area contributed by atoms with Crippen molar-refractivity contribution in [2.75, 3.05) is 20.6 Å². The van der Waals surface area contributed by atoms with Gasteiger partial charge in [0.25, 0.3) is 0 Å². The standard InChI is InChI=1S/C23H32N6O/c1-6-17-10-12-18(13-11-17)19(28(4)5)15-24-23(30)25-21(16(2)3)22-27-26-20-9-7-8-14-29(20)22/h7-14,16,19,21H,6,15H2,1-5H3,(H2,24,25,30). The Balaban J connectivity index is 1.68. The molecule has 3 aromatic rings. The highest BCUT2D eigenvalue weighted by Gasteiger charge is 2.24.